The van der Waals surface area contributed by atoms with Crippen molar-refractivity contribution in [3.8, 4) is 0 Å². The average molecular weight is 506 g/mol. The van der Waals surface area contributed by atoms with Gasteiger partial charge in [0, 0.05) is 31.2 Å². The van der Waals surface area contributed by atoms with Crippen molar-refractivity contribution in [1.29, 1.82) is 0 Å². The van der Waals surface area contributed by atoms with Gasteiger partial charge in [0.1, 0.15) is 12.4 Å². The maximum atomic E-state index is 14.3. The summed E-state index contributed by atoms with van der Waals surface area (Å²) in [5, 5.41) is 3.07. The lowest BCUT2D eigenvalue weighted by Crippen LogP contribution is -2.50. The highest BCUT2D eigenvalue weighted by Gasteiger charge is 2.47. The molecule has 4 rings (SSSR count). The van der Waals surface area contributed by atoms with Crippen molar-refractivity contribution in [2.24, 2.45) is 0 Å². The molecule has 36 heavy (non-hydrogen) atoms. The zero-order chi connectivity index (χ0) is 25.7. The Kier molecular flexibility index (Phi) is 8.72. The second-order valence-electron chi connectivity index (χ2n) is 10.6. The van der Waals surface area contributed by atoms with Gasteiger partial charge in [0.15, 0.2) is 0 Å². The van der Waals surface area contributed by atoms with Crippen LogP contribution >= 0.6 is 0 Å². The number of methoxy groups -OCH3 is 1. The quantitative estimate of drug-likeness (QED) is 0.450. The second kappa shape index (κ2) is 11.8. The molecule has 1 aromatic rings. The van der Waals surface area contributed by atoms with E-state index in [1.165, 1.54) is 6.07 Å². The first-order valence-electron chi connectivity index (χ1n) is 13.3. The molecule has 1 N–H and O–H groups in total. The highest BCUT2D eigenvalue weighted by molar-refractivity contribution is 5.91. The average Bonchev–Trinajstić information content (AvgIpc) is 2.97. The number of fused-ring (bicyclic) bond motifs is 2. The van der Waals surface area contributed by atoms with E-state index in [1.54, 1.807) is 24.1 Å². The van der Waals surface area contributed by atoms with Crippen LogP contribution in [0.2, 0.25) is 0 Å². The minimum atomic E-state index is -0.412. The molecule has 0 radical (unpaired) electrons. The van der Waals surface area contributed by atoms with E-state index in [0.717, 1.165) is 69.3 Å². The van der Waals surface area contributed by atoms with Crippen molar-refractivity contribution in [2.45, 2.75) is 82.4 Å². The van der Waals surface area contributed by atoms with Gasteiger partial charge in [0.05, 0.1) is 18.4 Å². The van der Waals surface area contributed by atoms with Crippen molar-refractivity contribution >= 4 is 17.9 Å². The van der Waals surface area contributed by atoms with Gasteiger partial charge < -0.3 is 24.4 Å². The van der Waals surface area contributed by atoms with E-state index < -0.39 is 6.09 Å². The van der Waals surface area contributed by atoms with E-state index in [-0.39, 0.29) is 36.1 Å². The molecule has 0 bridgehead atoms. The molecule has 1 spiro atoms. The zero-order valence-corrected chi connectivity index (χ0v) is 21.8. The number of anilines is 1. The number of carbonyl (C=O) groups excluding carboxylic acids is 2. The third-order valence-corrected chi connectivity index (χ3v) is 7.85. The molecule has 9 heteroatoms. The summed E-state index contributed by atoms with van der Waals surface area (Å²) in [6, 6.07) is 5.20. The number of ether oxygens (including phenoxy) is 3. The number of halogens is 1. The van der Waals surface area contributed by atoms with Crippen LogP contribution in [0.3, 0.4) is 0 Å². The summed E-state index contributed by atoms with van der Waals surface area (Å²) in [5.41, 5.74) is 1.37. The number of carbonyl (C=O) groups is 2. The molecule has 1 aromatic carbocycles. The lowest BCUT2D eigenvalue weighted by molar-refractivity contribution is 0.0923. The van der Waals surface area contributed by atoms with Crippen LogP contribution in [0.25, 0.3) is 0 Å². The van der Waals surface area contributed by atoms with Gasteiger partial charge in [-0.2, -0.15) is 0 Å². The Bertz CT molecular complexity index is 919. The van der Waals surface area contributed by atoms with Crippen LogP contribution in [-0.2, 0) is 19.6 Å². The van der Waals surface area contributed by atoms with E-state index in [9.17, 15) is 14.0 Å². The summed E-state index contributed by atoms with van der Waals surface area (Å²) in [7, 11) is 1.56. The highest BCUT2D eigenvalue weighted by Crippen LogP contribution is 2.48. The summed E-state index contributed by atoms with van der Waals surface area (Å²) >= 11 is 0. The number of amides is 2. The topological polar surface area (TPSA) is 80.3 Å². The molecule has 8 nitrogen and oxygen atoms in total. The maximum Gasteiger partial charge on any atom is 0.414 e. The summed E-state index contributed by atoms with van der Waals surface area (Å²) in [4.78, 5) is 29.2. The predicted molar refractivity (Wildman–Crippen MR) is 135 cm³/mol. The zero-order valence-electron chi connectivity index (χ0n) is 21.8. The van der Waals surface area contributed by atoms with Crippen molar-refractivity contribution in [2.75, 3.05) is 44.9 Å². The first kappa shape index (κ1) is 26.7. The van der Waals surface area contributed by atoms with Crippen LogP contribution in [0.15, 0.2) is 18.2 Å². The Morgan fingerprint density at radius 2 is 1.92 bits per heavy atom. The Labute approximate surface area is 213 Å². The Morgan fingerprint density at radius 1 is 1.17 bits per heavy atom. The minimum absolute atomic E-state index is 0.110. The molecule has 0 aromatic heterocycles. The number of rotatable bonds is 6. The fraction of sp³-hybridized carbons (Fsp3) is 0.704. The van der Waals surface area contributed by atoms with Crippen LogP contribution in [0, 0.1) is 5.82 Å². The van der Waals surface area contributed by atoms with Crippen LogP contribution in [0.4, 0.5) is 19.7 Å². The summed E-state index contributed by atoms with van der Waals surface area (Å²) < 4.78 is 30.0. The molecular formula is C27H40FN3O5. The number of alkyl carbamates (subject to hydrolysis) is 1. The Balaban J connectivity index is 1.42. The van der Waals surface area contributed by atoms with E-state index in [0.29, 0.717) is 19.2 Å². The third-order valence-electron chi connectivity index (χ3n) is 7.85. The summed E-state index contributed by atoms with van der Waals surface area (Å²) in [6.45, 7) is 6.47. The number of piperidine rings is 1. The smallest absolute Gasteiger partial charge is 0.414 e. The summed E-state index contributed by atoms with van der Waals surface area (Å²) in [6.07, 6.45) is 6.00. The van der Waals surface area contributed by atoms with Crippen LogP contribution < -0.4 is 10.2 Å². The molecule has 2 heterocycles. The highest BCUT2D eigenvalue weighted by atomic mass is 19.1. The molecule has 1 aliphatic carbocycles. The van der Waals surface area contributed by atoms with Crippen molar-refractivity contribution in [1.82, 2.24) is 10.2 Å². The summed E-state index contributed by atoms with van der Waals surface area (Å²) in [5.74, 6) is -0.281. The minimum Gasteiger partial charge on any atom is -0.447 e. The number of benzene rings is 1. The van der Waals surface area contributed by atoms with Crippen molar-refractivity contribution < 1.29 is 28.2 Å². The normalized spacial score (nSPS) is 23.9. The molecule has 1 saturated carbocycles. The number of hydrogen-bond acceptors (Lipinski definition) is 6. The number of nitrogens with one attached hydrogen (secondary N) is 1. The molecule has 2 atom stereocenters. The van der Waals surface area contributed by atoms with Gasteiger partial charge in [-0.15, -0.1) is 0 Å². The molecule has 2 aliphatic heterocycles. The molecule has 2 unspecified atom stereocenters. The van der Waals surface area contributed by atoms with Gasteiger partial charge in [0.2, 0.25) is 0 Å². The number of likely N-dealkylation sites (tertiary alicyclic amines) is 1. The van der Waals surface area contributed by atoms with Crippen LogP contribution in [-0.4, -0.2) is 75.2 Å². The molecule has 2 fully saturated rings. The number of hydrogen-bond donors (Lipinski definition) is 1. The maximum absolute atomic E-state index is 14.3. The van der Waals surface area contributed by atoms with Gasteiger partial charge in [-0.25, -0.2) is 14.0 Å². The van der Waals surface area contributed by atoms with Gasteiger partial charge in [-0.05, 0) is 82.8 Å². The first-order valence-corrected chi connectivity index (χ1v) is 13.3. The largest absolute Gasteiger partial charge is 0.447 e. The van der Waals surface area contributed by atoms with E-state index in [2.05, 4.69) is 10.2 Å². The van der Waals surface area contributed by atoms with Gasteiger partial charge in [-0.1, -0.05) is 12.8 Å². The SMILES string of the molecule is COCCOC(=O)N1CC2(CCN(C3CCCCC(NC(=O)OC(C)C)C3)CC2)c2cc(F)ccc21. The second-order valence-corrected chi connectivity index (χ2v) is 10.6. The van der Waals surface area contributed by atoms with Gasteiger partial charge in [-0.3, -0.25) is 4.90 Å². The Morgan fingerprint density at radius 3 is 2.64 bits per heavy atom. The standard InChI is InChI=1S/C27H40FN3O5/c1-19(2)36-25(32)29-21-6-4-5-7-22(17-21)30-12-10-27(11-13-30)18-31(26(33)35-15-14-34-3)24-9-8-20(28)16-23(24)27/h8-9,16,19,21-22H,4-7,10-15,17-18H2,1-3H3,(H,29,32). The van der Waals surface area contributed by atoms with Crippen molar-refractivity contribution in [3.05, 3.63) is 29.6 Å². The monoisotopic (exact) mass is 505 g/mol. The molecule has 3 aliphatic rings. The molecule has 2 amide bonds. The lowest BCUT2D eigenvalue weighted by Gasteiger charge is -2.43. The van der Waals surface area contributed by atoms with E-state index in [4.69, 9.17) is 14.2 Å². The van der Waals surface area contributed by atoms with Gasteiger partial charge in [0.25, 0.3) is 0 Å². The lowest BCUT2D eigenvalue weighted by atomic mass is 9.74. The van der Waals surface area contributed by atoms with Crippen LogP contribution in [0.5, 0.6) is 0 Å². The van der Waals surface area contributed by atoms with E-state index in [1.807, 2.05) is 13.8 Å². The number of nitrogens with zero attached hydrogens (tertiary/aromatic N) is 2. The molecular weight excluding hydrogens is 465 g/mol. The van der Waals surface area contributed by atoms with E-state index >= 15 is 0 Å². The van der Waals surface area contributed by atoms with Crippen LogP contribution in [0.1, 0.15) is 64.4 Å². The fourth-order valence-corrected chi connectivity index (χ4v) is 6.05. The predicted octanol–water partition coefficient (Wildman–Crippen LogP) is 4.60. The molecule has 200 valence electrons. The third kappa shape index (κ3) is 6.11. The van der Waals surface area contributed by atoms with Crippen molar-refractivity contribution in [3.63, 3.8) is 0 Å². The fourth-order valence-electron chi connectivity index (χ4n) is 6.05. The van der Waals surface area contributed by atoms with Gasteiger partial charge >= 0.3 is 12.2 Å². The first-order chi connectivity index (χ1) is 17.3. The Hall–Kier alpha value is -2.39. The molecule has 1 saturated heterocycles.